The van der Waals surface area contributed by atoms with Crippen LogP contribution in [-0.4, -0.2) is 29.2 Å². The topological polar surface area (TPSA) is 75.3 Å². The van der Waals surface area contributed by atoms with Crippen LogP contribution in [0.15, 0.2) is 33.8 Å². The van der Waals surface area contributed by atoms with Gasteiger partial charge in [0.1, 0.15) is 0 Å². The standard InChI is InChI=1S/C15H18ClN5O/c1-9-6-12(9)19-15(17-2)18-8-13-20-14(21-22-13)10-4-3-5-11(16)7-10/h3-5,7,9,12H,6,8H2,1-2H3,(H2,17,18,19). The molecule has 1 aromatic heterocycles. The zero-order valence-electron chi connectivity index (χ0n) is 12.5. The lowest BCUT2D eigenvalue weighted by Crippen LogP contribution is -2.38. The van der Waals surface area contributed by atoms with Crippen LogP contribution >= 0.6 is 11.6 Å². The van der Waals surface area contributed by atoms with Crippen molar-refractivity contribution in [3.05, 3.63) is 35.2 Å². The Morgan fingerprint density at radius 2 is 2.32 bits per heavy atom. The maximum Gasteiger partial charge on any atom is 0.246 e. The summed E-state index contributed by atoms with van der Waals surface area (Å²) in [6, 6.07) is 7.87. The molecule has 1 heterocycles. The quantitative estimate of drug-likeness (QED) is 0.669. The molecule has 2 unspecified atom stereocenters. The van der Waals surface area contributed by atoms with E-state index < -0.39 is 0 Å². The molecule has 0 amide bonds. The fourth-order valence-corrected chi connectivity index (χ4v) is 2.31. The number of aromatic nitrogens is 2. The van der Waals surface area contributed by atoms with E-state index in [2.05, 4.69) is 32.7 Å². The molecule has 7 heteroatoms. The van der Waals surface area contributed by atoms with Crippen molar-refractivity contribution in [2.45, 2.75) is 25.9 Å². The van der Waals surface area contributed by atoms with E-state index in [1.807, 2.05) is 18.2 Å². The van der Waals surface area contributed by atoms with Gasteiger partial charge in [0.25, 0.3) is 0 Å². The Hall–Kier alpha value is -2.08. The van der Waals surface area contributed by atoms with Crippen LogP contribution in [0.2, 0.25) is 5.02 Å². The average Bonchev–Trinajstić information content (AvgIpc) is 3.01. The summed E-state index contributed by atoms with van der Waals surface area (Å²) in [5.74, 6) is 2.48. The second-order valence-electron chi connectivity index (χ2n) is 5.41. The zero-order valence-corrected chi connectivity index (χ0v) is 13.3. The van der Waals surface area contributed by atoms with Gasteiger partial charge in [0.2, 0.25) is 11.7 Å². The van der Waals surface area contributed by atoms with Gasteiger partial charge >= 0.3 is 0 Å². The van der Waals surface area contributed by atoms with Crippen LogP contribution in [0.4, 0.5) is 0 Å². The Kier molecular flexibility index (Phi) is 4.29. The van der Waals surface area contributed by atoms with Crippen LogP contribution < -0.4 is 10.6 Å². The number of hydrogen-bond donors (Lipinski definition) is 2. The van der Waals surface area contributed by atoms with Gasteiger partial charge in [-0.25, -0.2) is 0 Å². The zero-order chi connectivity index (χ0) is 15.5. The highest BCUT2D eigenvalue weighted by Gasteiger charge is 2.33. The number of benzene rings is 1. The van der Waals surface area contributed by atoms with Crippen molar-refractivity contribution in [3.8, 4) is 11.4 Å². The Bertz CT molecular complexity index is 684. The van der Waals surface area contributed by atoms with Gasteiger partial charge in [0.15, 0.2) is 5.96 Å². The van der Waals surface area contributed by atoms with E-state index in [4.69, 9.17) is 16.1 Å². The Morgan fingerprint density at radius 3 is 3.00 bits per heavy atom. The number of nitrogens with one attached hydrogen (secondary N) is 2. The molecule has 22 heavy (non-hydrogen) atoms. The second kappa shape index (κ2) is 6.36. The van der Waals surface area contributed by atoms with Gasteiger partial charge < -0.3 is 15.2 Å². The van der Waals surface area contributed by atoms with E-state index in [0.29, 0.717) is 35.2 Å². The molecule has 0 bridgehead atoms. The summed E-state index contributed by atoms with van der Waals surface area (Å²) >= 11 is 5.97. The van der Waals surface area contributed by atoms with Gasteiger partial charge in [-0.05, 0) is 24.5 Å². The summed E-state index contributed by atoms with van der Waals surface area (Å²) in [5.41, 5.74) is 0.830. The molecule has 116 valence electrons. The highest BCUT2D eigenvalue weighted by molar-refractivity contribution is 6.30. The summed E-state index contributed by atoms with van der Waals surface area (Å²) in [7, 11) is 1.74. The molecule has 1 fully saturated rings. The molecule has 1 aliphatic carbocycles. The van der Waals surface area contributed by atoms with E-state index in [-0.39, 0.29) is 0 Å². The van der Waals surface area contributed by atoms with Crippen molar-refractivity contribution in [2.75, 3.05) is 7.05 Å². The molecule has 6 nitrogen and oxygen atoms in total. The Balaban J connectivity index is 1.59. The van der Waals surface area contributed by atoms with Crippen LogP contribution in [0, 0.1) is 5.92 Å². The number of hydrogen-bond acceptors (Lipinski definition) is 4. The second-order valence-corrected chi connectivity index (χ2v) is 5.85. The third-order valence-electron chi connectivity index (χ3n) is 3.61. The normalized spacial score (nSPS) is 20.8. The highest BCUT2D eigenvalue weighted by atomic mass is 35.5. The van der Waals surface area contributed by atoms with Gasteiger partial charge in [0.05, 0.1) is 6.54 Å². The van der Waals surface area contributed by atoms with Gasteiger partial charge in [-0.2, -0.15) is 4.98 Å². The van der Waals surface area contributed by atoms with Crippen molar-refractivity contribution in [3.63, 3.8) is 0 Å². The summed E-state index contributed by atoms with van der Waals surface area (Å²) in [6.45, 7) is 2.63. The molecule has 2 atom stereocenters. The lowest BCUT2D eigenvalue weighted by atomic mass is 10.2. The van der Waals surface area contributed by atoms with E-state index in [0.717, 1.165) is 11.5 Å². The van der Waals surface area contributed by atoms with Crippen LogP contribution in [0.25, 0.3) is 11.4 Å². The lowest BCUT2D eigenvalue weighted by molar-refractivity contribution is 0.375. The molecule has 0 saturated heterocycles. The van der Waals surface area contributed by atoms with Crippen molar-refractivity contribution in [2.24, 2.45) is 10.9 Å². The fourth-order valence-electron chi connectivity index (χ4n) is 2.12. The Morgan fingerprint density at radius 1 is 1.50 bits per heavy atom. The van der Waals surface area contributed by atoms with E-state index >= 15 is 0 Å². The molecule has 3 rings (SSSR count). The van der Waals surface area contributed by atoms with Crippen LogP contribution in [0.3, 0.4) is 0 Å². The predicted octanol–water partition coefficient (Wildman–Crippen LogP) is 2.46. The maximum atomic E-state index is 5.97. The minimum atomic E-state index is 0.425. The molecule has 1 saturated carbocycles. The summed E-state index contributed by atoms with van der Waals surface area (Å²) < 4.78 is 5.25. The van der Waals surface area contributed by atoms with Crippen LogP contribution in [0.1, 0.15) is 19.2 Å². The number of rotatable bonds is 4. The summed E-state index contributed by atoms with van der Waals surface area (Å²) in [4.78, 5) is 8.54. The monoisotopic (exact) mass is 319 g/mol. The van der Waals surface area contributed by atoms with Crippen molar-refractivity contribution < 1.29 is 4.52 Å². The summed E-state index contributed by atoms with van der Waals surface area (Å²) in [6.07, 6.45) is 1.18. The summed E-state index contributed by atoms with van der Waals surface area (Å²) in [5, 5.41) is 11.1. The third kappa shape index (κ3) is 3.57. The van der Waals surface area contributed by atoms with Crippen molar-refractivity contribution >= 4 is 17.6 Å². The van der Waals surface area contributed by atoms with E-state index in [9.17, 15) is 0 Å². The average molecular weight is 320 g/mol. The van der Waals surface area contributed by atoms with Crippen molar-refractivity contribution in [1.29, 1.82) is 0 Å². The van der Waals surface area contributed by atoms with E-state index in [1.165, 1.54) is 6.42 Å². The largest absolute Gasteiger partial charge is 0.353 e. The molecule has 2 aromatic rings. The van der Waals surface area contributed by atoms with Crippen LogP contribution in [-0.2, 0) is 6.54 Å². The van der Waals surface area contributed by atoms with E-state index in [1.54, 1.807) is 13.1 Å². The smallest absolute Gasteiger partial charge is 0.246 e. The molecular formula is C15H18ClN5O. The Labute approximate surface area is 134 Å². The van der Waals surface area contributed by atoms with Gasteiger partial charge in [-0.3, -0.25) is 4.99 Å². The first kappa shape index (κ1) is 14.8. The van der Waals surface area contributed by atoms with Crippen LogP contribution in [0.5, 0.6) is 0 Å². The fraction of sp³-hybridized carbons (Fsp3) is 0.400. The molecule has 0 aliphatic heterocycles. The predicted molar refractivity (Wildman–Crippen MR) is 85.6 cm³/mol. The molecule has 0 spiro atoms. The number of guanidine groups is 1. The first-order chi connectivity index (χ1) is 10.7. The SMILES string of the molecule is CN=C(NCc1nc(-c2cccc(Cl)c2)no1)NC1CC1C. The third-order valence-corrected chi connectivity index (χ3v) is 3.85. The maximum absolute atomic E-state index is 5.97. The number of halogens is 1. The van der Waals surface area contributed by atoms with Crippen molar-refractivity contribution in [1.82, 2.24) is 20.8 Å². The number of aliphatic imine (C=N–C) groups is 1. The highest BCUT2D eigenvalue weighted by Crippen LogP contribution is 2.28. The molecular weight excluding hydrogens is 302 g/mol. The first-order valence-corrected chi connectivity index (χ1v) is 7.59. The molecule has 1 aromatic carbocycles. The molecule has 1 aliphatic rings. The molecule has 2 N–H and O–H groups in total. The van der Waals surface area contributed by atoms with Gasteiger partial charge in [0, 0.05) is 23.7 Å². The van der Waals surface area contributed by atoms with Gasteiger partial charge in [-0.15, -0.1) is 0 Å². The minimum absolute atomic E-state index is 0.425. The molecule has 0 radical (unpaired) electrons. The minimum Gasteiger partial charge on any atom is -0.353 e. The van der Waals surface area contributed by atoms with Gasteiger partial charge in [-0.1, -0.05) is 35.8 Å². The number of nitrogens with zero attached hydrogens (tertiary/aromatic N) is 3. The lowest BCUT2D eigenvalue weighted by Gasteiger charge is -2.09. The first-order valence-electron chi connectivity index (χ1n) is 7.21.